The third kappa shape index (κ3) is 13.0. The number of carboxylic acid groups (broad SMARTS) is 1. The minimum Gasteiger partial charge on any atom is -0.480 e. The molecule has 12 heteroatoms. The summed E-state index contributed by atoms with van der Waals surface area (Å²) in [6.45, 7) is 12.8. The summed E-state index contributed by atoms with van der Waals surface area (Å²) in [7, 11) is 0. The summed E-state index contributed by atoms with van der Waals surface area (Å²) in [5.41, 5.74) is 4.02. The van der Waals surface area contributed by atoms with Crippen LogP contribution in [-0.4, -0.2) is 54.4 Å². The lowest BCUT2D eigenvalue weighted by Crippen LogP contribution is -2.52. The molecule has 2 aromatic rings. The smallest absolute Gasteiger partial charge is 0.480 e. The van der Waals surface area contributed by atoms with Crippen LogP contribution in [0.1, 0.15) is 60.5 Å². The second-order valence-corrected chi connectivity index (χ2v) is 12.6. The van der Waals surface area contributed by atoms with E-state index in [0.717, 1.165) is 0 Å². The predicted octanol–water partition coefficient (Wildman–Crippen LogP) is 6.13. The lowest BCUT2D eigenvalue weighted by molar-refractivity contribution is -0.144. The first-order chi connectivity index (χ1) is 19.8. The summed E-state index contributed by atoms with van der Waals surface area (Å²) in [5, 5.41) is 9.98. The highest BCUT2D eigenvalue weighted by Gasteiger charge is 2.37. The van der Waals surface area contributed by atoms with E-state index in [-0.39, 0.29) is 54.1 Å². The summed E-state index contributed by atoms with van der Waals surface area (Å²) >= 11 is 0. The van der Waals surface area contributed by atoms with Crippen LogP contribution in [0.2, 0.25) is 0 Å². The Labute approximate surface area is 251 Å². The lowest BCUT2D eigenvalue weighted by atomic mass is 9.86. The van der Waals surface area contributed by atoms with E-state index in [1.807, 2.05) is 41.5 Å². The molecule has 3 N–H and O–H groups in total. The number of ether oxygens (including phenoxy) is 6. The van der Waals surface area contributed by atoms with Crippen molar-refractivity contribution < 1.29 is 52.7 Å². The van der Waals surface area contributed by atoms with Crippen LogP contribution in [0.3, 0.4) is 0 Å². The molecule has 0 aliphatic rings. The van der Waals surface area contributed by atoms with Crippen molar-refractivity contribution in [2.45, 2.75) is 73.0 Å². The SMILES string of the molecule is C[C@@H](CC(N)(Cc1ccc(OC(=O)OCC(C)(C)C)c(OC(=O)OCC(C)(C)C)c1)C(=O)O)OC(=O)Oc1ccccc1. The first-order valence-corrected chi connectivity index (χ1v) is 13.6. The zero-order valence-electron chi connectivity index (χ0n) is 25.6. The Kier molecular flexibility index (Phi) is 11.9. The number of benzene rings is 2. The number of carbonyl (C=O) groups is 4. The first-order valence-electron chi connectivity index (χ1n) is 13.6. The number of hydrogen-bond acceptors (Lipinski definition) is 11. The average molecular weight is 604 g/mol. The average Bonchev–Trinajstić information content (AvgIpc) is 2.87. The highest BCUT2D eigenvalue weighted by atomic mass is 16.7. The molecular weight excluding hydrogens is 562 g/mol. The zero-order chi connectivity index (χ0) is 32.4. The van der Waals surface area contributed by atoms with Gasteiger partial charge in [0.1, 0.15) is 17.4 Å². The van der Waals surface area contributed by atoms with Gasteiger partial charge in [0, 0.05) is 12.8 Å². The van der Waals surface area contributed by atoms with Crippen molar-refractivity contribution in [1.82, 2.24) is 0 Å². The molecule has 1 unspecified atom stereocenters. The van der Waals surface area contributed by atoms with Crippen LogP contribution >= 0.6 is 0 Å². The Morgan fingerprint density at radius 1 is 0.767 bits per heavy atom. The molecule has 12 nitrogen and oxygen atoms in total. The lowest BCUT2D eigenvalue weighted by Gasteiger charge is -2.28. The van der Waals surface area contributed by atoms with Crippen LogP contribution < -0.4 is 19.9 Å². The van der Waals surface area contributed by atoms with Crippen molar-refractivity contribution in [3.63, 3.8) is 0 Å². The molecule has 0 aliphatic heterocycles. The van der Waals surface area contributed by atoms with Crippen molar-refractivity contribution in [1.29, 1.82) is 0 Å². The Morgan fingerprint density at radius 3 is 1.81 bits per heavy atom. The van der Waals surface area contributed by atoms with E-state index >= 15 is 0 Å². The molecule has 0 amide bonds. The molecule has 2 rings (SSSR count). The molecule has 0 aliphatic carbocycles. The molecule has 0 bridgehead atoms. The van der Waals surface area contributed by atoms with Gasteiger partial charge in [-0.3, -0.25) is 4.79 Å². The molecule has 236 valence electrons. The van der Waals surface area contributed by atoms with Crippen molar-refractivity contribution in [3.05, 3.63) is 54.1 Å². The molecule has 2 atom stereocenters. The summed E-state index contributed by atoms with van der Waals surface area (Å²) in [5.74, 6) is -1.48. The van der Waals surface area contributed by atoms with Gasteiger partial charge in [0.2, 0.25) is 0 Å². The quantitative estimate of drug-likeness (QED) is 0.171. The van der Waals surface area contributed by atoms with Crippen molar-refractivity contribution in [3.8, 4) is 17.2 Å². The first kappa shape index (κ1) is 34.9. The van der Waals surface area contributed by atoms with Crippen LogP contribution in [0.5, 0.6) is 17.2 Å². The molecule has 0 fully saturated rings. The van der Waals surface area contributed by atoms with E-state index in [2.05, 4.69) is 0 Å². The summed E-state index contributed by atoms with van der Waals surface area (Å²) in [6.07, 6.45) is -4.60. The van der Waals surface area contributed by atoms with Crippen LogP contribution in [0.15, 0.2) is 48.5 Å². The second-order valence-electron chi connectivity index (χ2n) is 12.6. The van der Waals surface area contributed by atoms with Gasteiger partial charge in [-0.1, -0.05) is 65.8 Å². The molecule has 0 radical (unpaired) electrons. The van der Waals surface area contributed by atoms with Crippen LogP contribution in [0.25, 0.3) is 0 Å². The summed E-state index contributed by atoms with van der Waals surface area (Å²) in [6, 6.07) is 12.3. The van der Waals surface area contributed by atoms with E-state index < -0.39 is 36.1 Å². The number of aliphatic carboxylic acids is 1. The van der Waals surface area contributed by atoms with E-state index in [1.54, 1.807) is 30.3 Å². The fourth-order valence-corrected chi connectivity index (χ4v) is 3.54. The van der Waals surface area contributed by atoms with Gasteiger partial charge in [-0.25, -0.2) is 14.4 Å². The van der Waals surface area contributed by atoms with Crippen LogP contribution in [0, 0.1) is 10.8 Å². The molecule has 0 saturated heterocycles. The third-order valence-electron chi connectivity index (χ3n) is 5.48. The topological polar surface area (TPSA) is 170 Å². The van der Waals surface area contributed by atoms with Crippen molar-refractivity contribution in [2.75, 3.05) is 13.2 Å². The summed E-state index contributed by atoms with van der Waals surface area (Å²) in [4.78, 5) is 49.2. The Bertz CT molecular complexity index is 1260. The molecule has 0 heterocycles. The Balaban J connectivity index is 2.22. The zero-order valence-corrected chi connectivity index (χ0v) is 25.6. The number of rotatable bonds is 11. The maximum absolute atomic E-state index is 12.4. The second kappa shape index (κ2) is 14.7. The highest BCUT2D eigenvalue weighted by Crippen LogP contribution is 2.32. The van der Waals surface area contributed by atoms with Gasteiger partial charge in [0.25, 0.3) is 0 Å². The Morgan fingerprint density at radius 2 is 1.30 bits per heavy atom. The summed E-state index contributed by atoms with van der Waals surface area (Å²) < 4.78 is 31.2. The van der Waals surface area contributed by atoms with E-state index in [0.29, 0.717) is 5.56 Å². The van der Waals surface area contributed by atoms with Crippen LogP contribution in [0.4, 0.5) is 14.4 Å². The van der Waals surface area contributed by atoms with E-state index in [9.17, 15) is 24.3 Å². The minimum atomic E-state index is -1.91. The number of para-hydroxylation sites is 1. The van der Waals surface area contributed by atoms with Crippen molar-refractivity contribution in [2.24, 2.45) is 16.6 Å². The molecule has 0 saturated carbocycles. The number of carboxylic acids is 1. The predicted molar refractivity (Wildman–Crippen MR) is 155 cm³/mol. The Hall–Kier alpha value is -4.32. The highest BCUT2D eigenvalue weighted by molar-refractivity contribution is 5.79. The number of hydrogen-bond donors (Lipinski definition) is 2. The van der Waals surface area contributed by atoms with Gasteiger partial charge in [0.05, 0.1) is 13.2 Å². The number of carbonyl (C=O) groups excluding carboxylic acids is 3. The van der Waals surface area contributed by atoms with Gasteiger partial charge in [-0.15, -0.1) is 0 Å². The maximum atomic E-state index is 12.4. The van der Waals surface area contributed by atoms with Gasteiger partial charge in [-0.05, 0) is 47.6 Å². The normalized spacial score (nSPS) is 13.6. The monoisotopic (exact) mass is 603 g/mol. The van der Waals surface area contributed by atoms with Crippen LogP contribution in [-0.2, 0) is 25.4 Å². The fraction of sp³-hybridized carbons (Fsp3) is 0.484. The molecule has 0 spiro atoms. The molecular formula is C31H41NO11. The fourth-order valence-electron chi connectivity index (χ4n) is 3.54. The van der Waals surface area contributed by atoms with Gasteiger partial charge < -0.3 is 39.3 Å². The minimum absolute atomic E-state index is 0.0465. The van der Waals surface area contributed by atoms with Gasteiger partial charge in [0.15, 0.2) is 11.5 Å². The molecule has 0 aromatic heterocycles. The van der Waals surface area contributed by atoms with Crippen molar-refractivity contribution >= 4 is 24.4 Å². The maximum Gasteiger partial charge on any atom is 0.514 e. The molecule has 43 heavy (non-hydrogen) atoms. The molecule has 2 aromatic carbocycles. The van der Waals surface area contributed by atoms with Gasteiger partial charge in [-0.2, -0.15) is 0 Å². The number of nitrogens with two attached hydrogens (primary N) is 1. The standard InChI is InChI=1S/C31H41NO11/c1-20(40-28(37)41-22-11-9-8-10-12-22)16-31(32,25(33)34)17-21-13-14-23(42-26(35)38-18-29(2,3)4)24(15-21)43-27(36)39-19-30(5,6)7/h8-15,20H,16-19,32H2,1-7H3,(H,33,34)/t20-,31?/m0/s1. The third-order valence-corrected chi connectivity index (χ3v) is 5.48. The van der Waals surface area contributed by atoms with E-state index in [1.165, 1.54) is 25.1 Å². The van der Waals surface area contributed by atoms with E-state index in [4.69, 9.17) is 34.2 Å². The van der Waals surface area contributed by atoms with Gasteiger partial charge >= 0.3 is 24.4 Å². The largest absolute Gasteiger partial charge is 0.514 e.